The van der Waals surface area contributed by atoms with Crippen molar-refractivity contribution in [1.82, 2.24) is 5.32 Å². The zero-order valence-electron chi connectivity index (χ0n) is 16.5. The molecule has 1 amide bonds. The van der Waals surface area contributed by atoms with E-state index in [0.29, 0.717) is 17.9 Å². The van der Waals surface area contributed by atoms with E-state index >= 15 is 0 Å². The third-order valence-electron chi connectivity index (χ3n) is 4.68. The molecule has 0 saturated carbocycles. The second-order valence-corrected chi connectivity index (χ2v) is 7.58. The number of nitrogens with one attached hydrogen (secondary N) is 1. The van der Waals surface area contributed by atoms with Crippen LogP contribution in [-0.4, -0.2) is 24.7 Å². The molecule has 27 heavy (non-hydrogen) atoms. The van der Waals surface area contributed by atoms with E-state index in [1.807, 2.05) is 45.0 Å². The highest BCUT2D eigenvalue weighted by atomic mass is 16.5. The van der Waals surface area contributed by atoms with Gasteiger partial charge in [-0.05, 0) is 45.9 Å². The number of methoxy groups -OCH3 is 1. The Morgan fingerprint density at radius 1 is 1.22 bits per heavy atom. The third-order valence-corrected chi connectivity index (χ3v) is 4.68. The summed E-state index contributed by atoms with van der Waals surface area (Å²) in [5.41, 5.74) is 1.79. The van der Waals surface area contributed by atoms with Gasteiger partial charge in [0.15, 0.2) is 17.6 Å². The van der Waals surface area contributed by atoms with Crippen molar-refractivity contribution < 1.29 is 19.0 Å². The summed E-state index contributed by atoms with van der Waals surface area (Å²) in [7, 11) is 1.58. The van der Waals surface area contributed by atoms with E-state index in [1.165, 1.54) is 0 Å². The highest BCUT2D eigenvalue weighted by Gasteiger charge is 2.35. The molecular formula is C22H27NO4. The summed E-state index contributed by atoms with van der Waals surface area (Å²) in [6.07, 6.45) is 0.0387. The smallest absolute Gasteiger partial charge is 0.261 e. The normalized spacial score (nSPS) is 18.6. The van der Waals surface area contributed by atoms with E-state index in [4.69, 9.17) is 14.2 Å². The SMILES string of the molecule is COc1ccccc1O[C@H](C)C(=O)N[C@H]1CC(C)(C)Oc2ccc(C)cc21. The Kier molecular flexibility index (Phi) is 5.31. The lowest BCUT2D eigenvalue weighted by molar-refractivity contribution is -0.128. The molecule has 0 aromatic heterocycles. The van der Waals surface area contributed by atoms with Gasteiger partial charge in [0.2, 0.25) is 0 Å². The molecule has 144 valence electrons. The molecule has 5 nitrogen and oxygen atoms in total. The molecular weight excluding hydrogens is 342 g/mol. The van der Waals surface area contributed by atoms with Gasteiger partial charge in [-0.3, -0.25) is 4.79 Å². The quantitative estimate of drug-likeness (QED) is 0.859. The minimum atomic E-state index is -0.652. The number of fused-ring (bicyclic) bond motifs is 1. The van der Waals surface area contributed by atoms with Crippen molar-refractivity contribution in [3.05, 3.63) is 53.6 Å². The van der Waals surface area contributed by atoms with Crippen LogP contribution in [0, 0.1) is 6.92 Å². The highest BCUT2D eigenvalue weighted by molar-refractivity contribution is 5.81. The average Bonchev–Trinajstić information content (AvgIpc) is 2.62. The fraction of sp³-hybridized carbons (Fsp3) is 0.409. The van der Waals surface area contributed by atoms with Crippen LogP contribution in [0.4, 0.5) is 0 Å². The van der Waals surface area contributed by atoms with Crippen molar-refractivity contribution in [2.75, 3.05) is 7.11 Å². The fourth-order valence-electron chi connectivity index (χ4n) is 3.35. The van der Waals surface area contributed by atoms with Crippen LogP contribution in [0.25, 0.3) is 0 Å². The van der Waals surface area contributed by atoms with E-state index in [1.54, 1.807) is 26.2 Å². The number of hydrogen-bond donors (Lipinski definition) is 1. The van der Waals surface area contributed by atoms with Crippen LogP contribution >= 0.6 is 0 Å². The summed E-state index contributed by atoms with van der Waals surface area (Å²) in [6.45, 7) is 7.84. The first-order valence-electron chi connectivity index (χ1n) is 9.19. The van der Waals surface area contributed by atoms with Crippen LogP contribution in [0.5, 0.6) is 17.2 Å². The molecule has 0 saturated heterocycles. The van der Waals surface area contributed by atoms with Gasteiger partial charge in [-0.1, -0.05) is 29.8 Å². The maximum atomic E-state index is 12.8. The first kappa shape index (κ1) is 19.1. The minimum absolute atomic E-state index is 0.125. The topological polar surface area (TPSA) is 56.8 Å². The number of carbonyl (C=O) groups is 1. The van der Waals surface area contributed by atoms with E-state index in [9.17, 15) is 4.79 Å². The molecule has 2 atom stereocenters. The summed E-state index contributed by atoms with van der Waals surface area (Å²) in [6, 6.07) is 13.2. The third kappa shape index (κ3) is 4.35. The fourth-order valence-corrected chi connectivity index (χ4v) is 3.35. The molecule has 0 fully saturated rings. The van der Waals surface area contributed by atoms with E-state index in [0.717, 1.165) is 16.9 Å². The summed E-state index contributed by atoms with van der Waals surface area (Å²) in [4.78, 5) is 12.8. The predicted octanol–water partition coefficient (Wildman–Crippen LogP) is 4.19. The van der Waals surface area contributed by atoms with Gasteiger partial charge in [-0.15, -0.1) is 0 Å². The molecule has 3 rings (SSSR count). The second-order valence-electron chi connectivity index (χ2n) is 7.58. The monoisotopic (exact) mass is 369 g/mol. The summed E-state index contributed by atoms with van der Waals surface area (Å²) < 4.78 is 17.2. The molecule has 0 bridgehead atoms. The van der Waals surface area contributed by atoms with Crippen LogP contribution in [-0.2, 0) is 4.79 Å². The number of hydrogen-bond acceptors (Lipinski definition) is 4. The van der Waals surface area contributed by atoms with Gasteiger partial charge in [0.25, 0.3) is 5.91 Å². The average molecular weight is 369 g/mol. The van der Waals surface area contributed by atoms with Crippen molar-refractivity contribution >= 4 is 5.91 Å². The van der Waals surface area contributed by atoms with Gasteiger partial charge in [0, 0.05) is 12.0 Å². The Morgan fingerprint density at radius 2 is 1.93 bits per heavy atom. The van der Waals surface area contributed by atoms with Crippen molar-refractivity contribution in [3.63, 3.8) is 0 Å². The number of benzene rings is 2. The largest absolute Gasteiger partial charge is 0.493 e. The second kappa shape index (κ2) is 7.51. The van der Waals surface area contributed by atoms with E-state index in [-0.39, 0.29) is 17.6 Å². The number of ether oxygens (including phenoxy) is 3. The number of rotatable bonds is 5. The molecule has 1 aliphatic heterocycles. The molecule has 1 N–H and O–H groups in total. The molecule has 2 aromatic rings. The highest BCUT2D eigenvalue weighted by Crippen LogP contribution is 2.40. The van der Waals surface area contributed by atoms with Crippen LogP contribution in [0.15, 0.2) is 42.5 Å². The van der Waals surface area contributed by atoms with Crippen LogP contribution in [0.1, 0.15) is 44.4 Å². The van der Waals surface area contributed by atoms with Gasteiger partial charge in [-0.25, -0.2) is 0 Å². The number of aryl methyl sites for hydroxylation is 1. The molecule has 1 aliphatic rings. The molecule has 0 spiro atoms. The van der Waals surface area contributed by atoms with Gasteiger partial charge in [0.1, 0.15) is 11.4 Å². The van der Waals surface area contributed by atoms with Crippen molar-refractivity contribution in [1.29, 1.82) is 0 Å². The lowest BCUT2D eigenvalue weighted by Crippen LogP contribution is -2.44. The Morgan fingerprint density at radius 3 is 2.63 bits per heavy atom. The van der Waals surface area contributed by atoms with Gasteiger partial charge >= 0.3 is 0 Å². The van der Waals surface area contributed by atoms with Crippen LogP contribution < -0.4 is 19.5 Å². The van der Waals surface area contributed by atoms with Crippen molar-refractivity contribution in [3.8, 4) is 17.2 Å². The van der Waals surface area contributed by atoms with Gasteiger partial charge in [0.05, 0.1) is 13.2 Å². The molecule has 0 unspecified atom stereocenters. The van der Waals surface area contributed by atoms with Crippen LogP contribution in [0.3, 0.4) is 0 Å². The Labute approximate surface area is 160 Å². The minimum Gasteiger partial charge on any atom is -0.493 e. The van der Waals surface area contributed by atoms with E-state index < -0.39 is 6.10 Å². The summed E-state index contributed by atoms with van der Waals surface area (Å²) in [5, 5.41) is 3.13. The lowest BCUT2D eigenvalue weighted by Gasteiger charge is -2.38. The van der Waals surface area contributed by atoms with Crippen molar-refractivity contribution in [2.24, 2.45) is 0 Å². The number of carbonyl (C=O) groups excluding carboxylic acids is 1. The van der Waals surface area contributed by atoms with E-state index in [2.05, 4.69) is 11.4 Å². The predicted molar refractivity (Wildman–Crippen MR) is 104 cm³/mol. The van der Waals surface area contributed by atoms with Gasteiger partial charge < -0.3 is 19.5 Å². The molecule has 1 heterocycles. The first-order chi connectivity index (χ1) is 12.8. The maximum absolute atomic E-state index is 12.8. The Balaban J connectivity index is 1.76. The number of para-hydroxylation sites is 2. The zero-order valence-corrected chi connectivity index (χ0v) is 16.5. The standard InChI is InChI=1S/C22H27NO4/c1-14-10-11-18-16(12-14)17(13-22(3,4)27-18)23-21(24)15(2)26-20-9-7-6-8-19(20)25-5/h6-12,15,17H,13H2,1-5H3,(H,23,24)/t15-,17+/m1/s1. The Hall–Kier alpha value is -2.69. The molecule has 2 aromatic carbocycles. The van der Waals surface area contributed by atoms with Gasteiger partial charge in [-0.2, -0.15) is 0 Å². The Bertz CT molecular complexity index is 831. The summed E-state index contributed by atoms with van der Waals surface area (Å²) >= 11 is 0. The molecule has 0 aliphatic carbocycles. The zero-order chi connectivity index (χ0) is 19.6. The maximum Gasteiger partial charge on any atom is 0.261 e. The first-order valence-corrected chi connectivity index (χ1v) is 9.19. The van der Waals surface area contributed by atoms with Crippen LogP contribution in [0.2, 0.25) is 0 Å². The molecule has 0 radical (unpaired) electrons. The lowest BCUT2D eigenvalue weighted by atomic mass is 9.89. The molecule has 5 heteroatoms. The number of amides is 1. The summed E-state index contributed by atoms with van der Waals surface area (Å²) in [5.74, 6) is 1.80. The van der Waals surface area contributed by atoms with Crippen molar-refractivity contribution in [2.45, 2.75) is 51.9 Å².